The molecule has 7 nitrogen and oxygen atoms in total. The minimum atomic E-state index is -1.19. The van der Waals surface area contributed by atoms with Gasteiger partial charge in [-0.2, -0.15) is 0 Å². The van der Waals surface area contributed by atoms with Gasteiger partial charge >= 0.3 is 11.9 Å². The Morgan fingerprint density at radius 2 is 1.71 bits per heavy atom. The Morgan fingerprint density at radius 1 is 1.19 bits per heavy atom. The largest absolute Gasteiger partial charge is 0.464 e. The van der Waals surface area contributed by atoms with Crippen LogP contribution in [0.15, 0.2) is 12.2 Å². The highest BCUT2D eigenvalue weighted by atomic mass is 16.8. The van der Waals surface area contributed by atoms with Crippen molar-refractivity contribution in [3.8, 4) is 0 Å². The molecule has 0 bridgehead atoms. The monoisotopic (exact) mass is 300 g/mol. The molecule has 7 heteroatoms. The number of hydrogen-bond donors (Lipinski definition) is 1. The zero-order valence-electron chi connectivity index (χ0n) is 12.1. The maximum absolute atomic E-state index is 11.9. The Balaban J connectivity index is 2.18. The van der Waals surface area contributed by atoms with Crippen molar-refractivity contribution in [1.82, 2.24) is 0 Å². The van der Waals surface area contributed by atoms with Crippen molar-refractivity contribution in [3.63, 3.8) is 0 Å². The van der Waals surface area contributed by atoms with Crippen molar-refractivity contribution < 1.29 is 33.6 Å². The lowest BCUT2D eigenvalue weighted by atomic mass is 10.00. The second kappa shape index (κ2) is 6.55. The molecular weight excluding hydrogens is 280 g/mol. The average molecular weight is 300 g/mol. The van der Waals surface area contributed by atoms with E-state index < -0.39 is 36.0 Å². The molecule has 1 aliphatic heterocycles. The van der Waals surface area contributed by atoms with Gasteiger partial charge in [0.05, 0.1) is 19.3 Å². The summed E-state index contributed by atoms with van der Waals surface area (Å²) in [6.45, 7) is 3.69. The van der Waals surface area contributed by atoms with E-state index in [1.807, 2.05) is 0 Å². The Kier molecular flexibility index (Phi) is 4.97. The van der Waals surface area contributed by atoms with Gasteiger partial charge in [0.15, 0.2) is 18.0 Å². The number of aliphatic hydroxyl groups excluding tert-OH is 1. The number of carbonyl (C=O) groups excluding carboxylic acids is 2. The van der Waals surface area contributed by atoms with E-state index in [0.29, 0.717) is 12.8 Å². The molecule has 2 aliphatic rings. The predicted molar refractivity (Wildman–Crippen MR) is 70.1 cm³/mol. The first-order chi connectivity index (χ1) is 10.0. The van der Waals surface area contributed by atoms with E-state index >= 15 is 0 Å². The molecule has 0 aromatic rings. The van der Waals surface area contributed by atoms with Gasteiger partial charge in [0.1, 0.15) is 0 Å². The second-order valence-corrected chi connectivity index (χ2v) is 4.86. The highest BCUT2D eigenvalue weighted by Crippen LogP contribution is 2.38. The average Bonchev–Trinajstić information content (AvgIpc) is 2.83. The van der Waals surface area contributed by atoms with Crippen molar-refractivity contribution >= 4 is 11.9 Å². The molecule has 1 N–H and O–H groups in total. The Morgan fingerprint density at radius 3 is 2.10 bits per heavy atom. The lowest BCUT2D eigenvalue weighted by Gasteiger charge is -2.28. The van der Waals surface area contributed by atoms with Crippen LogP contribution in [0, 0.1) is 0 Å². The van der Waals surface area contributed by atoms with Gasteiger partial charge in [-0.1, -0.05) is 6.08 Å². The van der Waals surface area contributed by atoms with Crippen molar-refractivity contribution in [1.29, 1.82) is 0 Å². The van der Waals surface area contributed by atoms with E-state index in [4.69, 9.17) is 18.9 Å². The zero-order valence-corrected chi connectivity index (χ0v) is 12.1. The molecule has 0 amide bonds. The molecule has 2 rings (SSSR count). The van der Waals surface area contributed by atoms with Crippen LogP contribution in [0.4, 0.5) is 0 Å². The molecule has 0 aromatic heterocycles. The Labute approximate surface area is 122 Å². The molecule has 1 fully saturated rings. The number of hydrogen-bond acceptors (Lipinski definition) is 7. The number of rotatable bonds is 4. The summed E-state index contributed by atoms with van der Waals surface area (Å²) in [5.41, 5.74) is 0. The fraction of sp³-hybridized carbons (Fsp3) is 0.714. The standard InChI is InChI=1S/C14H20O7/c1-3-18-12(16)10-11(13(17)19-4-2)21-14(20-10)7-5-9(15)6-8-14/h5,7,9-11,15H,3-4,6,8H2,1-2H3/t9?,10-,11-/m0/s1. The number of aliphatic hydroxyl groups is 1. The Hall–Kier alpha value is -1.44. The summed E-state index contributed by atoms with van der Waals surface area (Å²) in [7, 11) is 0. The summed E-state index contributed by atoms with van der Waals surface area (Å²) in [4.78, 5) is 23.9. The first-order valence-electron chi connectivity index (χ1n) is 7.07. The third kappa shape index (κ3) is 3.42. The van der Waals surface area contributed by atoms with E-state index in [1.54, 1.807) is 13.8 Å². The first kappa shape index (κ1) is 15.9. The van der Waals surface area contributed by atoms with Gasteiger partial charge in [0, 0.05) is 6.42 Å². The van der Waals surface area contributed by atoms with Crippen molar-refractivity contribution in [3.05, 3.63) is 12.2 Å². The molecule has 118 valence electrons. The summed E-state index contributed by atoms with van der Waals surface area (Å²) < 4.78 is 21.1. The fourth-order valence-electron chi connectivity index (χ4n) is 2.36. The van der Waals surface area contributed by atoms with Crippen LogP contribution >= 0.6 is 0 Å². The van der Waals surface area contributed by atoms with Crippen LogP contribution in [0.2, 0.25) is 0 Å². The topological polar surface area (TPSA) is 91.3 Å². The highest BCUT2D eigenvalue weighted by Gasteiger charge is 2.54. The van der Waals surface area contributed by atoms with Gasteiger partial charge in [0.2, 0.25) is 0 Å². The lowest BCUT2D eigenvalue weighted by Crippen LogP contribution is -2.39. The van der Waals surface area contributed by atoms with Crippen LogP contribution in [-0.2, 0) is 28.5 Å². The molecule has 1 aliphatic carbocycles. The van der Waals surface area contributed by atoms with Crippen molar-refractivity contribution in [2.75, 3.05) is 13.2 Å². The number of carbonyl (C=O) groups is 2. The molecule has 3 atom stereocenters. The molecular formula is C14H20O7. The smallest absolute Gasteiger partial charge is 0.338 e. The first-order valence-corrected chi connectivity index (χ1v) is 7.07. The molecule has 0 aromatic carbocycles. The molecule has 1 saturated heterocycles. The van der Waals surface area contributed by atoms with Gasteiger partial charge in [0.25, 0.3) is 0 Å². The van der Waals surface area contributed by atoms with Crippen LogP contribution in [0.1, 0.15) is 26.7 Å². The van der Waals surface area contributed by atoms with Gasteiger partial charge in [-0.05, 0) is 26.3 Å². The van der Waals surface area contributed by atoms with E-state index in [1.165, 1.54) is 12.2 Å². The summed E-state index contributed by atoms with van der Waals surface area (Å²) in [5, 5.41) is 9.49. The molecule has 21 heavy (non-hydrogen) atoms. The van der Waals surface area contributed by atoms with E-state index in [0.717, 1.165) is 0 Å². The van der Waals surface area contributed by atoms with E-state index in [9.17, 15) is 14.7 Å². The quantitative estimate of drug-likeness (QED) is 0.590. The highest BCUT2D eigenvalue weighted by molar-refractivity contribution is 5.86. The van der Waals surface area contributed by atoms with Crippen LogP contribution < -0.4 is 0 Å². The van der Waals surface area contributed by atoms with Crippen molar-refractivity contribution in [2.45, 2.75) is 50.8 Å². The fourth-order valence-corrected chi connectivity index (χ4v) is 2.36. The van der Waals surface area contributed by atoms with Gasteiger partial charge in [-0.25, -0.2) is 9.59 Å². The Bertz CT molecular complexity index is 405. The SMILES string of the molecule is CCOC(=O)[C@H]1OC2(C=CC(O)CC2)O[C@@H]1C(=O)OCC. The number of ether oxygens (including phenoxy) is 4. The van der Waals surface area contributed by atoms with E-state index in [2.05, 4.69) is 0 Å². The van der Waals surface area contributed by atoms with Gasteiger partial charge in [-0.15, -0.1) is 0 Å². The number of esters is 2. The van der Waals surface area contributed by atoms with Crippen molar-refractivity contribution in [2.24, 2.45) is 0 Å². The van der Waals surface area contributed by atoms with Crippen LogP contribution in [0.25, 0.3) is 0 Å². The van der Waals surface area contributed by atoms with Crippen LogP contribution in [-0.4, -0.2) is 54.4 Å². The second-order valence-electron chi connectivity index (χ2n) is 4.86. The summed E-state index contributed by atoms with van der Waals surface area (Å²) >= 11 is 0. The summed E-state index contributed by atoms with van der Waals surface area (Å²) in [6.07, 6.45) is 0.919. The molecule has 0 saturated carbocycles. The minimum absolute atomic E-state index is 0.176. The third-order valence-electron chi connectivity index (χ3n) is 3.33. The summed E-state index contributed by atoms with van der Waals surface area (Å²) in [5.74, 6) is -2.51. The molecule has 1 unspecified atom stereocenters. The maximum Gasteiger partial charge on any atom is 0.338 e. The van der Waals surface area contributed by atoms with Crippen LogP contribution in [0.5, 0.6) is 0 Å². The minimum Gasteiger partial charge on any atom is -0.464 e. The normalized spacial score (nSPS) is 30.3. The molecule has 0 radical (unpaired) electrons. The van der Waals surface area contributed by atoms with Crippen LogP contribution in [0.3, 0.4) is 0 Å². The summed E-state index contributed by atoms with van der Waals surface area (Å²) in [6, 6.07) is 0. The van der Waals surface area contributed by atoms with Gasteiger partial charge in [-0.3, -0.25) is 0 Å². The zero-order chi connectivity index (χ0) is 15.5. The lowest BCUT2D eigenvalue weighted by molar-refractivity contribution is -0.173. The predicted octanol–water partition coefficient (Wildman–Crippen LogP) is 0.304. The molecule has 1 heterocycles. The van der Waals surface area contributed by atoms with Gasteiger partial charge < -0.3 is 24.1 Å². The molecule has 1 spiro atoms. The maximum atomic E-state index is 11.9. The third-order valence-corrected chi connectivity index (χ3v) is 3.33. The van der Waals surface area contributed by atoms with E-state index in [-0.39, 0.29) is 13.2 Å².